The first-order chi connectivity index (χ1) is 8.42. The van der Waals surface area contributed by atoms with E-state index in [1.165, 1.54) is 0 Å². The van der Waals surface area contributed by atoms with Crippen molar-refractivity contribution in [3.63, 3.8) is 0 Å². The predicted molar refractivity (Wildman–Crippen MR) is 71.1 cm³/mol. The monoisotopic (exact) mass is 267 g/mol. The van der Waals surface area contributed by atoms with Crippen molar-refractivity contribution in [3.05, 3.63) is 24.1 Å². The summed E-state index contributed by atoms with van der Waals surface area (Å²) in [5.41, 5.74) is 6.20. The van der Waals surface area contributed by atoms with Gasteiger partial charge in [0.15, 0.2) is 5.82 Å². The predicted octanol–water partition coefficient (Wildman–Crippen LogP) is 1.93. The molecule has 2 N–H and O–H groups in total. The van der Waals surface area contributed by atoms with Gasteiger partial charge in [-0.2, -0.15) is 10.1 Å². The number of nitrogens with two attached hydrogens (primary N) is 1. The number of anilines is 1. The van der Waals surface area contributed by atoms with E-state index >= 15 is 0 Å². The molecule has 6 nitrogen and oxygen atoms in total. The molecule has 18 heavy (non-hydrogen) atoms. The van der Waals surface area contributed by atoms with Gasteiger partial charge in [-0.1, -0.05) is 25.9 Å². The Hall–Kier alpha value is -1.50. The lowest BCUT2D eigenvalue weighted by Gasteiger charge is -2.15. The van der Waals surface area contributed by atoms with Crippen molar-refractivity contribution < 1.29 is 4.52 Å². The average molecular weight is 267 g/mol. The zero-order valence-corrected chi connectivity index (χ0v) is 11.6. The molecule has 7 heteroatoms. The Morgan fingerprint density at radius 1 is 1.44 bits per heavy atom. The van der Waals surface area contributed by atoms with Crippen molar-refractivity contribution in [1.29, 1.82) is 0 Å². The topological polar surface area (TPSA) is 82.8 Å². The Labute approximate surface area is 110 Å². The molecule has 98 valence electrons. The molecule has 0 aliphatic rings. The third-order valence-corrected chi connectivity index (χ3v) is 3.36. The molecule has 0 amide bonds. The van der Waals surface area contributed by atoms with E-state index < -0.39 is 0 Å². The first kappa shape index (κ1) is 12.9. The second kappa shape index (κ2) is 5.01. The molecule has 0 aliphatic carbocycles. The average Bonchev–Trinajstić information content (AvgIpc) is 2.85. The van der Waals surface area contributed by atoms with Gasteiger partial charge in [0, 0.05) is 10.9 Å². The van der Waals surface area contributed by atoms with E-state index in [2.05, 4.69) is 36.0 Å². The molecule has 0 fully saturated rings. The lowest BCUT2D eigenvalue weighted by molar-refractivity contribution is 0.362. The number of hydrogen-bond acceptors (Lipinski definition) is 6. The molecular formula is C11H17N5OS. The normalized spacial score (nSPS) is 11.9. The molecule has 0 aromatic carbocycles. The highest BCUT2D eigenvalue weighted by molar-refractivity contribution is 7.99. The fraction of sp³-hybridized carbons (Fsp3) is 0.545. The number of aromatic nitrogens is 4. The first-order valence-corrected chi connectivity index (χ1v) is 6.64. The van der Waals surface area contributed by atoms with Crippen LogP contribution in [0.2, 0.25) is 0 Å². The summed E-state index contributed by atoms with van der Waals surface area (Å²) in [4.78, 5) is 4.32. The van der Waals surface area contributed by atoms with Gasteiger partial charge in [-0.3, -0.25) is 4.68 Å². The Kier molecular flexibility index (Phi) is 3.60. The highest BCUT2D eigenvalue weighted by Gasteiger charge is 2.14. The van der Waals surface area contributed by atoms with Gasteiger partial charge in [-0.25, -0.2) is 0 Å². The van der Waals surface area contributed by atoms with E-state index in [-0.39, 0.29) is 4.75 Å². The van der Waals surface area contributed by atoms with Gasteiger partial charge >= 0.3 is 0 Å². The highest BCUT2D eigenvalue weighted by Crippen LogP contribution is 2.26. The standard InChI is InChI=1S/C11H17N5OS/c1-11(2,3)18-7-9-14-10(17-15-9)6-16-5-8(12)4-13-16/h4-5H,6-7,12H2,1-3H3. The molecule has 0 radical (unpaired) electrons. The molecule has 0 saturated heterocycles. The zero-order valence-electron chi connectivity index (χ0n) is 10.8. The van der Waals surface area contributed by atoms with Crippen LogP contribution in [-0.4, -0.2) is 24.7 Å². The Morgan fingerprint density at radius 3 is 2.83 bits per heavy atom. The van der Waals surface area contributed by atoms with Crippen molar-refractivity contribution in [2.75, 3.05) is 5.73 Å². The second-order valence-electron chi connectivity index (χ2n) is 4.98. The van der Waals surface area contributed by atoms with Crippen LogP contribution in [0.15, 0.2) is 16.9 Å². The summed E-state index contributed by atoms with van der Waals surface area (Å²) in [6.07, 6.45) is 3.32. The molecule has 2 rings (SSSR count). The second-order valence-corrected chi connectivity index (χ2v) is 6.78. The van der Waals surface area contributed by atoms with Crippen molar-refractivity contribution in [1.82, 2.24) is 19.9 Å². The van der Waals surface area contributed by atoms with Crippen molar-refractivity contribution in [2.24, 2.45) is 0 Å². The van der Waals surface area contributed by atoms with Crippen LogP contribution >= 0.6 is 11.8 Å². The zero-order chi connectivity index (χ0) is 13.2. The third-order valence-electron chi connectivity index (χ3n) is 2.09. The summed E-state index contributed by atoms with van der Waals surface area (Å²) < 4.78 is 7.03. The van der Waals surface area contributed by atoms with E-state index in [4.69, 9.17) is 10.3 Å². The summed E-state index contributed by atoms with van der Waals surface area (Å²) in [7, 11) is 0. The smallest absolute Gasteiger partial charge is 0.248 e. The number of nitrogens with zero attached hydrogens (tertiary/aromatic N) is 4. The minimum absolute atomic E-state index is 0.192. The number of nitrogen functional groups attached to an aromatic ring is 1. The van der Waals surface area contributed by atoms with Crippen LogP contribution in [0.25, 0.3) is 0 Å². The van der Waals surface area contributed by atoms with Crippen LogP contribution in [0.3, 0.4) is 0 Å². The maximum atomic E-state index is 5.58. The van der Waals surface area contributed by atoms with E-state index in [1.807, 2.05) is 0 Å². The minimum Gasteiger partial charge on any atom is -0.396 e. The number of thioether (sulfide) groups is 1. The molecular weight excluding hydrogens is 250 g/mol. The summed E-state index contributed by atoms with van der Waals surface area (Å²) in [5, 5.41) is 8.01. The molecule has 0 saturated carbocycles. The summed E-state index contributed by atoms with van der Waals surface area (Å²) in [6.45, 7) is 6.92. The maximum Gasteiger partial charge on any atom is 0.248 e. The molecule has 0 spiro atoms. The molecule has 0 atom stereocenters. The fourth-order valence-electron chi connectivity index (χ4n) is 1.30. The molecule has 2 aromatic heterocycles. The van der Waals surface area contributed by atoms with Crippen LogP contribution in [0.5, 0.6) is 0 Å². The SMILES string of the molecule is CC(C)(C)SCc1noc(Cn2cc(N)cn2)n1. The lowest BCUT2D eigenvalue weighted by Crippen LogP contribution is -2.08. The van der Waals surface area contributed by atoms with Gasteiger partial charge in [0.1, 0.15) is 6.54 Å². The molecule has 0 unspecified atom stereocenters. The van der Waals surface area contributed by atoms with Crippen molar-refractivity contribution in [2.45, 2.75) is 37.8 Å². The van der Waals surface area contributed by atoms with Crippen LogP contribution in [0.1, 0.15) is 32.5 Å². The van der Waals surface area contributed by atoms with E-state index in [0.717, 1.165) is 5.75 Å². The first-order valence-electron chi connectivity index (χ1n) is 5.66. The van der Waals surface area contributed by atoms with Gasteiger partial charge in [-0.05, 0) is 0 Å². The number of rotatable bonds is 4. The highest BCUT2D eigenvalue weighted by atomic mass is 32.2. The molecule has 0 aliphatic heterocycles. The van der Waals surface area contributed by atoms with Gasteiger partial charge < -0.3 is 10.3 Å². The maximum absolute atomic E-state index is 5.58. The van der Waals surface area contributed by atoms with Crippen molar-refractivity contribution >= 4 is 17.4 Å². The fourth-order valence-corrected chi connectivity index (χ4v) is 1.98. The van der Waals surface area contributed by atoms with Crippen LogP contribution in [0.4, 0.5) is 5.69 Å². The Balaban J connectivity index is 1.94. The quantitative estimate of drug-likeness (QED) is 0.911. The minimum atomic E-state index is 0.192. The third kappa shape index (κ3) is 3.76. The summed E-state index contributed by atoms with van der Waals surface area (Å²) >= 11 is 1.78. The van der Waals surface area contributed by atoms with Crippen LogP contribution in [0, 0.1) is 0 Å². The Bertz CT molecular complexity index is 513. The van der Waals surface area contributed by atoms with Crippen LogP contribution in [-0.2, 0) is 12.3 Å². The molecule has 2 aromatic rings. The van der Waals surface area contributed by atoms with Gasteiger partial charge in [0.2, 0.25) is 5.89 Å². The van der Waals surface area contributed by atoms with E-state index in [9.17, 15) is 0 Å². The molecule has 0 bridgehead atoms. The molecule has 2 heterocycles. The van der Waals surface area contributed by atoms with Crippen LogP contribution < -0.4 is 5.73 Å². The van der Waals surface area contributed by atoms with Gasteiger partial charge in [0.25, 0.3) is 0 Å². The summed E-state index contributed by atoms with van der Waals surface area (Å²) in [5.74, 6) is 2.00. The number of hydrogen-bond donors (Lipinski definition) is 1. The van der Waals surface area contributed by atoms with E-state index in [0.29, 0.717) is 23.9 Å². The lowest BCUT2D eigenvalue weighted by atomic mass is 10.3. The van der Waals surface area contributed by atoms with Gasteiger partial charge in [-0.15, -0.1) is 11.8 Å². The van der Waals surface area contributed by atoms with Crippen molar-refractivity contribution in [3.8, 4) is 0 Å². The largest absolute Gasteiger partial charge is 0.396 e. The Morgan fingerprint density at radius 2 is 2.22 bits per heavy atom. The van der Waals surface area contributed by atoms with E-state index in [1.54, 1.807) is 28.8 Å². The summed E-state index contributed by atoms with van der Waals surface area (Å²) in [6, 6.07) is 0. The van der Waals surface area contributed by atoms with Gasteiger partial charge in [0.05, 0.1) is 17.6 Å².